The van der Waals surface area contributed by atoms with Gasteiger partial charge in [-0.15, -0.1) is 0 Å². The average molecular weight is 300 g/mol. The number of hydrogen-bond acceptors (Lipinski definition) is 1. The molecule has 0 aromatic heterocycles. The van der Waals surface area contributed by atoms with Gasteiger partial charge in [-0.3, -0.25) is 0 Å². The van der Waals surface area contributed by atoms with E-state index in [0.717, 1.165) is 24.4 Å². The van der Waals surface area contributed by atoms with Crippen molar-refractivity contribution in [1.29, 1.82) is 0 Å². The Hall–Kier alpha value is -0.300. The number of fused-ring (bicyclic) bond motifs is 4. The third-order valence-electron chi connectivity index (χ3n) is 8.76. The second-order valence-corrected chi connectivity index (χ2v) is 10.1. The van der Waals surface area contributed by atoms with Gasteiger partial charge in [0.1, 0.15) is 0 Å². The molecule has 1 heteroatoms. The highest BCUT2D eigenvalue weighted by Crippen LogP contribution is 2.65. The van der Waals surface area contributed by atoms with Crippen LogP contribution >= 0.6 is 0 Å². The van der Waals surface area contributed by atoms with E-state index < -0.39 is 0 Å². The minimum absolute atomic E-state index is 0.353. The fraction of sp³-hybridized carbons (Fsp3) is 0.905. The van der Waals surface area contributed by atoms with Gasteiger partial charge in [-0.2, -0.15) is 0 Å². The second kappa shape index (κ2) is 4.21. The summed E-state index contributed by atoms with van der Waals surface area (Å²) in [5.74, 6) is 2.87. The van der Waals surface area contributed by atoms with E-state index in [-0.39, 0.29) is 0 Å². The summed E-state index contributed by atoms with van der Waals surface area (Å²) in [4.78, 5) is 0. The van der Waals surface area contributed by atoms with Crippen LogP contribution in [0.5, 0.6) is 0 Å². The van der Waals surface area contributed by atoms with E-state index in [2.05, 4.69) is 20.8 Å². The highest BCUT2D eigenvalue weighted by Gasteiger charge is 2.59. The molecule has 1 aliphatic heterocycles. The minimum atomic E-state index is 0.353. The molecule has 22 heavy (non-hydrogen) atoms. The van der Waals surface area contributed by atoms with Gasteiger partial charge >= 0.3 is 0 Å². The van der Waals surface area contributed by atoms with Crippen molar-refractivity contribution in [2.75, 3.05) is 6.61 Å². The molecule has 3 fully saturated rings. The Labute approximate surface area is 135 Å². The van der Waals surface area contributed by atoms with Gasteiger partial charge in [0.15, 0.2) is 0 Å². The van der Waals surface area contributed by atoms with Gasteiger partial charge < -0.3 is 4.74 Å². The van der Waals surface area contributed by atoms with E-state index in [0.29, 0.717) is 16.4 Å². The predicted octanol–water partition coefficient (Wildman–Crippen LogP) is 5.50. The zero-order valence-electron chi connectivity index (χ0n) is 14.7. The highest BCUT2D eigenvalue weighted by atomic mass is 16.6. The summed E-state index contributed by atoms with van der Waals surface area (Å²) in [6.45, 7) is 8.72. The SMILES string of the molecule is CC1(C)CCC2=C1CC[C@H]1[C@H]2CC[C@@H]2C[C@]3(CC[C@@]21C)CO3. The predicted molar refractivity (Wildman–Crippen MR) is 89.6 cm³/mol. The maximum absolute atomic E-state index is 5.85. The van der Waals surface area contributed by atoms with Crippen molar-refractivity contribution in [3.05, 3.63) is 11.1 Å². The van der Waals surface area contributed by atoms with Crippen molar-refractivity contribution in [3.8, 4) is 0 Å². The van der Waals surface area contributed by atoms with Crippen molar-refractivity contribution in [3.63, 3.8) is 0 Å². The van der Waals surface area contributed by atoms with E-state index in [1.54, 1.807) is 0 Å². The topological polar surface area (TPSA) is 12.5 Å². The Balaban J connectivity index is 1.47. The molecule has 122 valence electrons. The van der Waals surface area contributed by atoms with Crippen molar-refractivity contribution >= 4 is 0 Å². The zero-order chi connectivity index (χ0) is 15.2. The Morgan fingerprint density at radius 3 is 2.55 bits per heavy atom. The summed E-state index contributed by atoms with van der Waals surface area (Å²) >= 11 is 0. The number of rotatable bonds is 0. The maximum Gasteiger partial charge on any atom is 0.0919 e. The van der Waals surface area contributed by atoms with E-state index in [9.17, 15) is 0 Å². The first-order valence-corrected chi connectivity index (χ1v) is 9.80. The lowest BCUT2D eigenvalue weighted by atomic mass is 9.48. The average Bonchev–Trinajstić information content (AvgIpc) is 3.17. The molecule has 1 saturated heterocycles. The van der Waals surface area contributed by atoms with Crippen LogP contribution in [0.2, 0.25) is 0 Å². The third-order valence-corrected chi connectivity index (χ3v) is 8.76. The molecule has 0 N–H and O–H groups in total. The molecule has 5 atom stereocenters. The molecule has 5 rings (SSSR count). The lowest BCUT2D eigenvalue weighted by molar-refractivity contribution is -0.0547. The molecule has 0 radical (unpaired) electrons. The third kappa shape index (κ3) is 1.75. The summed E-state index contributed by atoms with van der Waals surface area (Å²) in [5.41, 5.74) is 5.30. The molecule has 1 nitrogen and oxygen atoms in total. The van der Waals surface area contributed by atoms with E-state index in [1.807, 2.05) is 11.1 Å². The lowest BCUT2D eigenvalue weighted by Gasteiger charge is -2.57. The van der Waals surface area contributed by atoms with Crippen LogP contribution < -0.4 is 0 Å². The van der Waals surface area contributed by atoms with Crippen LogP contribution in [0.3, 0.4) is 0 Å². The summed E-state index contributed by atoms with van der Waals surface area (Å²) < 4.78 is 5.85. The van der Waals surface area contributed by atoms with Crippen LogP contribution in [0.1, 0.15) is 78.6 Å². The molecule has 0 amide bonds. The molecule has 2 saturated carbocycles. The van der Waals surface area contributed by atoms with Gasteiger partial charge in [0.05, 0.1) is 12.2 Å². The molecule has 0 aromatic carbocycles. The minimum Gasteiger partial charge on any atom is -0.370 e. The quantitative estimate of drug-likeness (QED) is 0.425. The first-order chi connectivity index (χ1) is 10.4. The zero-order valence-corrected chi connectivity index (χ0v) is 14.7. The first-order valence-electron chi connectivity index (χ1n) is 9.80. The fourth-order valence-electron chi connectivity index (χ4n) is 7.15. The lowest BCUT2D eigenvalue weighted by Crippen LogP contribution is -2.50. The molecule has 5 aliphatic rings. The summed E-state index contributed by atoms with van der Waals surface area (Å²) in [5, 5.41) is 0. The Bertz CT molecular complexity index is 538. The van der Waals surface area contributed by atoms with E-state index >= 15 is 0 Å². The Morgan fingerprint density at radius 2 is 1.77 bits per heavy atom. The van der Waals surface area contributed by atoms with Crippen LogP contribution in [0.4, 0.5) is 0 Å². The normalized spacial score (nSPS) is 52.2. The summed E-state index contributed by atoms with van der Waals surface area (Å²) in [7, 11) is 0. The van der Waals surface area contributed by atoms with Crippen LogP contribution in [0, 0.1) is 28.6 Å². The smallest absolute Gasteiger partial charge is 0.0919 e. The highest BCUT2D eigenvalue weighted by molar-refractivity contribution is 5.33. The number of epoxide rings is 1. The molecule has 1 heterocycles. The van der Waals surface area contributed by atoms with Gasteiger partial charge in [0, 0.05) is 0 Å². The molecular weight excluding hydrogens is 268 g/mol. The Kier molecular flexibility index (Phi) is 2.69. The molecule has 0 unspecified atom stereocenters. The van der Waals surface area contributed by atoms with Crippen LogP contribution in [-0.4, -0.2) is 12.2 Å². The van der Waals surface area contributed by atoms with Gasteiger partial charge in [-0.1, -0.05) is 31.9 Å². The molecular formula is C21H32O. The number of hydrogen-bond donors (Lipinski definition) is 0. The van der Waals surface area contributed by atoms with Crippen LogP contribution in [0.25, 0.3) is 0 Å². The second-order valence-electron chi connectivity index (χ2n) is 10.1. The van der Waals surface area contributed by atoms with Gasteiger partial charge in [0.25, 0.3) is 0 Å². The monoisotopic (exact) mass is 300 g/mol. The first kappa shape index (κ1) is 14.1. The summed E-state index contributed by atoms with van der Waals surface area (Å²) in [6.07, 6.45) is 12.8. The fourth-order valence-corrected chi connectivity index (χ4v) is 7.15. The van der Waals surface area contributed by atoms with Crippen molar-refractivity contribution in [1.82, 2.24) is 0 Å². The van der Waals surface area contributed by atoms with Gasteiger partial charge in [-0.05, 0) is 86.4 Å². The van der Waals surface area contributed by atoms with Crippen LogP contribution in [-0.2, 0) is 4.74 Å². The summed E-state index contributed by atoms with van der Waals surface area (Å²) in [6, 6.07) is 0. The van der Waals surface area contributed by atoms with Crippen molar-refractivity contribution < 1.29 is 4.74 Å². The molecule has 4 aliphatic carbocycles. The van der Waals surface area contributed by atoms with Crippen molar-refractivity contribution in [2.45, 2.75) is 84.2 Å². The molecule has 0 aromatic rings. The van der Waals surface area contributed by atoms with Crippen molar-refractivity contribution in [2.24, 2.45) is 28.6 Å². The number of allylic oxidation sites excluding steroid dienone is 2. The maximum atomic E-state index is 5.85. The Morgan fingerprint density at radius 1 is 0.955 bits per heavy atom. The van der Waals surface area contributed by atoms with E-state index in [1.165, 1.54) is 57.8 Å². The standard InChI is InChI=1S/C21H32O/c1-19(2)9-8-16-15-5-4-14-12-21(13-22-21)11-10-20(14,3)18(15)7-6-17(16)19/h14-15,18H,4-13H2,1-3H3/t14-,15+,18+,20+,21-/m1/s1. The van der Waals surface area contributed by atoms with Gasteiger partial charge in [0.2, 0.25) is 0 Å². The van der Waals surface area contributed by atoms with Crippen LogP contribution in [0.15, 0.2) is 11.1 Å². The van der Waals surface area contributed by atoms with Gasteiger partial charge in [-0.25, -0.2) is 0 Å². The molecule has 1 spiro atoms. The molecule has 0 bridgehead atoms. The van der Waals surface area contributed by atoms with E-state index in [4.69, 9.17) is 4.74 Å². The largest absolute Gasteiger partial charge is 0.370 e. The number of ether oxygens (including phenoxy) is 1.